The summed E-state index contributed by atoms with van der Waals surface area (Å²) >= 11 is 0. The van der Waals surface area contributed by atoms with Gasteiger partial charge in [-0.15, -0.1) is 0 Å². The first kappa shape index (κ1) is 13.5. The quantitative estimate of drug-likeness (QED) is 0.591. The normalized spacial score (nSPS) is 29.4. The zero-order chi connectivity index (χ0) is 12.1. The van der Waals surface area contributed by atoms with Crippen LogP contribution >= 0.6 is 0 Å². The Balaban J connectivity index is 2.56. The Kier molecular flexibility index (Phi) is 4.76. The van der Waals surface area contributed by atoms with Crippen LogP contribution in [0.5, 0.6) is 0 Å². The molecule has 1 fully saturated rings. The van der Waals surface area contributed by atoms with Gasteiger partial charge in [0.15, 0.2) is 5.60 Å². The Morgan fingerprint density at radius 3 is 2.62 bits per heavy atom. The third-order valence-corrected chi connectivity index (χ3v) is 3.52. The molecule has 0 heterocycles. The molecule has 0 aromatic rings. The fourth-order valence-electron chi connectivity index (χ4n) is 2.26. The molecular formula is C13H23NO2. The molecule has 0 bridgehead atoms. The summed E-state index contributed by atoms with van der Waals surface area (Å²) in [5.41, 5.74) is -0.262. The Morgan fingerprint density at radius 2 is 2.00 bits per heavy atom. The van der Waals surface area contributed by atoms with E-state index in [1.54, 1.807) is 0 Å². The van der Waals surface area contributed by atoms with Gasteiger partial charge in [-0.1, -0.05) is 13.8 Å². The summed E-state index contributed by atoms with van der Waals surface area (Å²) in [7, 11) is 0. The first-order chi connectivity index (χ1) is 7.54. The largest absolute Gasteiger partial charge is 0.396 e. The highest BCUT2D eigenvalue weighted by Gasteiger charge is 2.36. The van der Waals surface area contributed by atoms with Crippen LogP contribution in [0.15, 0.2) is 0 Å². The smallest absolute Gasteiger partial charge is 0.154 e. The first-order valence-corrected chi connectivity index (χ1v) is 6.20. The van der Waals surface area contributed by atoms with Crippen LogP contribution in [-0.4, -0.2) is 23.9 Å². The Labute approximate surface area is 98.4 Å². The van der Waals surface area contributed by atoms with Gasteiger partial charge >= 0.3 is 0 Å². The van der Waals surface area contributed by atoms with Crippen molar-refractivity contribution in [3.05, 3.63) is 0 Å². The maximum absolute atomic E-state index is 9.30. The van der Waals surface area contributed by atoms with E-state index in [0.29, 0.717) is 18.4 Å². The number of aliphatic hydroxyl groups excluding tert-OH is 1. The Morgan fingerprint density at radius 1 is 1.25 bits per heavy atom. The van der Waals surface area contributed by atoms with E-state index in [0.717, 1.165) is 25.7 Å². The SMILES string of the molecule is CC1(C)CCCC(C#N)(OCCCO)CC1. The number of hydrogen-bond donors (Lipinski definition) is 1. The standard InChI is InChI=1S/C13H23NO2/c1-12(2)5-3-6-13(11-14,8-7-12)16-10-4-9-15/h15H,3-10H2,1-2H3. The van der Waals surface area contributed by atoms with Gasteiger partial charge in [0, 0.05) is 6.61 Å². The van der Waals surface area contributed by atoms with Crippen LogP contribution in [0, 0.1) is 16.7 Å². The third kappa shape index (κ3) is 3.77. The molecule has 16 heavy (non-hydrogen) atoms. The molecule has 0 aromatic carbocycles. The summed E-state index contributed by atoms with van der Waals surface area (Å²) in [4.78, 5) is 0. The van der Waals surface area contributed by atoms with Gasteiger partial charge in [-0.25, -0.2) is 0 Å². The van der Waals surface area contributed by atoms with Crippen molar-refractivity contribution in [2.45, 2.75) is 58.0 Å². The summed E-state index contributed by atoms with van der Waals surface area (Å²) in [6.07, 6.45) is 5.53. The summed E-state index contributed by atoms with van der Waals surface area (Å²) in [6, 6.07) is 2.35. The van der Waals surface area contributed by atoms with Gasteiger partial charge in [0.25, 0.3) is 0 Å². The van der Waals surface area contributed by atoms with E-state index in [2.05, 4.69) is 19.9 Å². The molecule has 1 aliphatic rings. The minimum absolute atomic E-state index is 0.132. The second-order valence-electron chi connectivity index (χ2n) is 5.55. The van der Waals surface area contributed by atoms with E-state index in [4.69, 9.17) is 9.84 Å². The predicted octanol–water partition coefficient (Wildman–Crippen LogP) is 2.64. The van der Waals surface area contributed by atoms with Crippen molar-refractivity contribution in [3.8, 4) is 6.07 Å². The maximum Gasteiger partial charge on any atom is 0.154 e. The van der Waals surface area contributed by atoms with E-state index in [-0.39, 0.29) is 6.61 Å². The highest BCUT2D eigenvalue weighted by atomic mass is 16.5. The fourth-order valence-corrected chi connectivity index (χ4v) is 2.26. The van der Waals surface area contributed by atoms with E-state index < -0.39 is 5.60 Å². The topological polar surface area (TPSA) is 53.2 Å². The highest BCUT2D eigenvalue weighted by Crippen LogP contribution is 2.39. The molecule has 1 N–H and O–H groups in total. The van der Waals surface area contributed by atoms with Crippen LogP contribution < -0.4 is 0 Å². The molecule has 1 atom stereocenters. The van der Waals surface area contributed by atoms with Gasteiger partial charge in [-0.3, -0.25) is 0 Å². The summed E-state index contributed by atoms with van der Waals surface area (Å²) in [5, 5.41) is 18.0. The average molecular weight is 225 g/mol. The average Bonchev–Trinajstić information content (AvgIpc) is 2.39. The zero-order valence-corrected chi connectivity index (χ0v) is 10.5. The molecular weight excluding hydrogens is 202 g/mol. The molecule has 3 nitrogen and oxygen atoms in total. The van der Waals surface area contributed by atoms with Crippen LogP contribution in [0.25, 0.3) is 0 Å². The molecule has 1 unspecified atom stereocenters. The molecule has 1 rings (SSSR count). The predicted molar refractivity (Wildman–Crippen MR) is 62.9 cm³/mol. The molecule has 92 valence electrons. The Hall–Kier alpha value is -0.590. The molecule has 0 amide bonds. The molecule has 0 saturated heterocycles. The van der Waals surface area contributed by atoms with Crippen LogP contribution in [0.3, 0.4) is 0 Å². The minimum atomic E-state index is -0.594. The van der Waals surface area contributed by atoms with Crippen molar-refractivity contribution in [1.82, 2.24) is 0 Å². The van der Waals surface area contributed by atoms with Crippen molar-refractivity contribution in [3.63, 3.8) is 0 Å². The van der Waals surface area contributed by atoms with Crippen LogP contribution in [0.2, 0.25) is 0 Å². The molecule has 3 heteroatoms. The van der Waals surface area contributed by atoms with Crippen LogP contribution in [0.1, 0.15) is 52.4 Å². The summed E-state index contributed by atoms with van der Waals surface area (Å²) in [6.45, 7) is 5.14. The Bertz CT molecular complexity index is 257. The lowest BCUT2D eigenvalue weighted by Crippen LogP contribution is -2.31. The van der Waals surface area contributed by atoms with Crippen molar-refractivity contribution in [2.24, 2.45) is 5.41 Å². The van der Waals surface area contributed by atoms with Gasteiger partial charge in [0.1, 0.15) is 0 Å². The monoisotopic (exact) mass is 225 g/mol. The number of aliphatic hydroxyl groups is 1. The maximum atomic E-state index is 9.30. The molecule has 0 spiro atoms. The number of nitrogens with zero attached hydrogens (tertiary/aromatic N) is 1. The highest BCUT2D eigenvalue weighted by molar-refractivity contribution is 5.04. The molecule has 0 aromatic heterocycles. The van der Waals surface area contributed by atoms with E-state index in [1.165, 1.54) is 6.42 Å². The lowest BCUT2D eigenvalue weighted by Gasteiger charge is -2.26. The summed E-state index contributed by atoms with van der Waals surface area (Å²) in [5.74, 6) is 0. The van der Waals surface area contributed by atoms with Gasteiger partial charge in [0.2, 0.25) is 0 Å². The van der Waals surface area contributed by atoms with E-state index in [9.17, 15) is 5.26 Å². The van der Waals surface area contributed by atoms with Crippen LogP contribution in [0.4, 0.5) is 0 Å². The number of ether oxygens (including phenoxy) is 1. The fraction of sp³-hybridized carbons (Fsp3) is 0.923. The second kappa shape index (κ2) is 5.65. The van der Waals surface area contributed by atoms with Gasteiger partial charge in [-0.05, 0) is 43.9 Å². The van der Waals surface area contributed by atoms with Crippen molar-refractivity contribution in [1.29, 1.82) is 5.26 Å². The van der Waals surface area contributed by atoms with Gasteiger partial charge < -0.3 is 9.84 Å². The van der Waals surface area contributed by atoms with Crippen LogP contribution in [-0.2, 0) is 4.74 Å². The third-order valence-electron chi connectivity index (χ3n) is 3.52. The van der Waals surface area contributed by atoms with Crippen molar-refractivity contribution < 1.29 is 9.84 Å². The first-order valence-electron chi connectivity index (χ1n) is 6.20. The van der Waals surface area contributed by atoms with Gasteiger partial charge in [-0.2, -0.15) is 5.26 Å². The minimum Gasteiger partial charge on any atom is -0.396 e. The summed E-state index contributed by atoms with van der Waals surface area (Å²) < 4.78 is 5.71. The van der Waals surface area contributed by atoms with E-state index >= 15 is 0 Å². The number of rotatable bonds is 4. The second-order valence-corrected chi connectivity index (χ2v) is 5.55. The number of hydrogen-bond acceptors (Lipinski definition) is 3. The molecule has 1 aliphatic carbocycles. The van der Waals surface area contributed by atoms with Crippen molar-refractivity contribution in [2.75, 3.05) is 13.2 Å². The van der Waals surface area contributed by atoms with Gasteiger partial charge in [0.05, 0.1) is 12.7 Å². The van der Waals surface area contributed by atoms with E-state index in [1.807, 2.05) is 0 Å². The molecule has 0 aliphatic heterocycles. The molecule has 1 saturated carbocycles. The van der Waals surface area contributed by atoms with Crippen molar-refractivity contribution >= 4 is 0 Å². The lowest BCUT2D eigenvalue weighted by atomic mass is 9.84. The zero-order valence-electron chi connectivity index (χ0n) is 10.5. The molecule has 0 radical (unpaired) electrons. The lowest BCUT2D eigenvalue weighted by molar-refractivity contribution is -0.0199. The number of nitriles is 1.